The second kappa shape index (κ2) is 7.90. The van der Waals surface area contributed by atoms with Crippen molar-refractivity contribution < 1.29 is 14.1 Å². The van der Waals surface area contributed by atoms with Crippen LogP contribution >= 0.6 is 0 Å². The molecule has 0 atom stereocenters. The Bertz CT molecular complexity index is 1110. The number of anilines is 1. The minimum atomic E-state index is -0.241. The summed E-state index contributed by atoms with van der Waals surface area (Å²) >= 11 is 0. The number of nitrogens with zero attached hydrogens (tertiary/aromatic N) is 2. The average molecular weight is 394 g/mol. The SMILES string of the molecule is Cc1cc(NC(=O)C2CCN(C(=O)Cc3cc4ccccc4[nH]c3=O)CC2)no1. The van der Waals surface area contributed by atoms with E-state index in [4.69, 9.17) is 4.52 Å². The standard InChI is InChI=1S/C21H22N4O4/c1-13-10-18(24-29-13)23-20(27)14-6-8-25(9-7-14)19(26)12-16-11-15-4-2-3-5-17(15)22-21(16)28/h2-5,10-11,14H,6-9,12H2,1H3,(H,22,28)(H,23,24,27). The summed E-state index contributed by atoms with van der Waals surface area (Å²) in [6, 6.07) is 10.9. The van der Waals surface area contributed by atoms with Crippen LogP contribution < -0.4 is 10.9 Å². The van der Waals surface area contributed by atoms with E-state index >= 15 is 0 Å². The van der Waals surface area contributed by atoms with Gasteiger partial charge in [-0.2, -0.15) is 0 Å². The monoisotopic (exact) mass is 394 g/mol. The minimum Gasteiger partial charge on any atom is -0.360 e. The molecule has 0 radical (unpaired) electrons. The van der Waals surface area contributed by atoms with Crippen LogP contribution in [0.4, 0.5) is 5.82 Å². The van der Waals surface area contributed by atoms with E-state index in [0.717, 1.165) is 10.9 Å². The molecule has 8 heteroatoms. The van der Waals surface area contributed by atoms with E-state index in [-0.39, 0.29) is 29.7 Å². The number of amides is 2. The lowest BCUT2D eigenvalue weighted by atomic mass is 9.95. The van der Waals surface area contributed by atoms with Gasteiger partial charge >= 0.3 is 0 Å². The molecule has 0 unspecified atom stereocenters. The van der Waals surface area contributed by atoms with E-state index < -0.39 is 0 Å². The van der Waals surface area contributed by atoms with Crippen molar-refractivity contribution in [3.63, 3.8) is 0 Å². The van der Waals surface area contributed by atoms with Crippen LogP contribution in [0.3, 0.4) is 0 Å². The molecule has 2 aromatic heterocycles. The van der Waals surface area contributed by atoms with Crippen molar-refractivity contribution >= 4 is 28.5 Å². The van der Waals surface area contributed by atoms with Gasteiger partial charge < -0.3 is 19.7 Å². The zero-order valence-electron chi connectivity index (χ0n) is 16.1. The average Bonchev–Trinajstić information content (AvgIpc) is 3.13. The molecular weight excluding hydrogens is 372 g/mol. The first-order chi connectivity index (χ1) is 14.0. The lowest BCUT2D eigenvalue weighted by Gasteiger charge is -2.31. The molecule has 1 fully saturated rings. The fraction of sp³-hybridized carbons (Fsp3) is 0.333. The highest BCUT2D eigenvalue weighted by atomic mass is 16.5. The Balaban J connectivity index is 1.35. The first-order valence-electron chi connectivity index (χ1n) is 9.62. The Morgan fingerprint density at radius 3 is 2.72 bits per heavy atom. The molecule has 0 bridgehead atoms. The third kappa shape index (κ3) is 4.21. The number of aromatic nitrogens is 2. The summed E-state index contributed by atoms with van der Waals surface area (Å²) in [7, 11) is 0. The molecule has 3 aromatic rings. The molecule has 3 heterocycles. The van der Waals surface area contributed by atoms with Gasteiger partial charge in [0.25, 0.3) is 5.56 Å². The topological polar surface area (TPSA) is 108 Å². The number of H-pyrrole nitrogens is 1. The number of aromatic amines is 1. The second-order valence-corrected chi connectivity index (χ2v) is 7.35. The molecule has 0 aliphatic carbocycles. The van der Waals surface area contributed by atoms with Crippen LogP contribution in [0.5, 0.6) is 0 Å². The van der Waals surface area contributed by atoms with Crippen molar-refractivity contribution in [2.45, 2.75) is 26.2 Å². The Kier molecular flexibility index (Phi) is 5.16. The molecule has 150 valence electrons. The lowest BCUT2D eigenvalue weighted by Crippen LogP contribution is -2.42. The molecule has 1 aliphatic rings. The Labute approximate surface area is 166 Å². The second-order valence-electron chi connectivity index (χ2n) is 7.35. The van der Waals surface area contributed by atoms with Crippen molar-refractivity contribution in [3.05, 3.63) is 58.1 Å². The zero-order valence-corrected chi connectivity index (χ0v) is 16.1. The highest BCUT2D eigenvalue weighted by molar-refractivity contribution is 5.92. The van der Waals surface area contributed by atoms with Crippen LogP contribution in [-0.2, 0) is 16.0 Å². The predicted molar refractivity (Wildman–Crippen MR) is 107 cm³/mol. The number of carbonyl (C=O) groups is 2. The largest absolute Gasteiger partial charge is 0.360 e. The van der Waals surface area contributed by atoms with Gasteiger partial charge in [-0.25, -0.2) is 0 Å². The van der Waals surface area contributed by atoms with Crippen LogP contribution in [0.25, 0.3) is 10.9 Å². The van der Waals surface area contributed by atoms with Crippen molar-refractivity contribution in [1.82, 2.24) is 15.0 Å². The highest BCUT2D eigenvalue weighted by Crippen LogP contribution is 2.20. The summed E-state index contributed by atoms with van der Waals surface area (Å²) in [4.78, 5) is 41.9. The van der Waals surface area contributed by atoms with Crippen LogP contribution in [0.15, 0.2) is 45.7 Å². The van der Waals surface area contributed by atoms with Crippen LogP contribution in [0.2, 0.25) is 0 Å². The number of hydrogen-bond donors (Lipinski definition) is 2. The van der Waals surface area contributed by atoms with Crippen molar-refractivity contribution in [2.75, 3.05) is 18.4 Å². The number of likely N-dealkylation sites (tertiary alicyclic amines) is 1. The van der Waals surface area contributed by atoms with E-state index in [1.165, 1.54) is 0 Å². The molecule has 0 spiro atoms. The van der Waals surface area contributed by atoms with E-state index in [2.05, 4.69) is 15.5 Å². The number of fused-ring (bicyclic) bond motifs is 1. The van der Waals surface area contributed by atoms with E-state index in [9.17, 15) is 14.4 Å². The highest BCUT2D eigenvalue weighted by Gasteiger charge is 2.28. The Morgan fingerprint density at radius 2 is 2.00 bits per heavy atom. The smallest absolute Gasteiger partial charge is 0.252 e. The van der Waals surface area contributed by atoms with Crippen LogP contribution in [0.1, 0.15) is 24.2 Å². The quantitative estimate of drug-likeness (QED) is 0.706. The van der Waals surface area contributed by atoms with Crippen molar-refractivity contribution in [2.24, 2.45) is 5.92 Å². The molecule has 1 saturated heterocycles. The number of piperidine rings is 1. The summed E-state index contributed by atoms with van der Waals surface area (Å²) in [5.41, 5.74) is 0.965. The molecule has 0 saturated carbocycles. The number of rotatable bonds is 4. The Hall–Kier alpha value is -3.42. The van der Waals surface area contributed by atoms with E-state index in [1.54, 1.807) is 24.0 Å². The molecule has 1 aliphatic heterocycles. The number of carbonyl (C=O) groups excluding carboxylic acids is 2. The molecule has 29 heavy (non-hydrogen) atoms. The van der Waals surface area contributed by atoms with Crippen molar-refractivity contribution in [3.8, 4) is 0 Å². The van der Waals surface area contributed by atoms with Gasteiger partial charge in [-0.1, -0.05) is 23.4 Å². The normalized spacial score (nSPS) is 14.9. The van der Waals surface area contributed by atoms with Crippen LogP contribution in [0, 0.1) is 12.8 Å². The molecular formula is C21H22N4O4. The number of hydrogen-bond acceptors (Lipinski definition) is 5. The number of aryl methyl sites for hydroxylation is 1. The summed E-state index contributed by atoms with van der Waals surface area (Å²) < 4.78 is 4.95. The maximum Gasteiger partial charge on any atom is 0.252 e. The predicted octanol–water partition coefficient (Wildman–Crippen LogP) is 2.24. The number of pyridine rings is 1. The van der Waals surface area contributed by atoms with Gasteiger partial charge in [-0.3, -0.25) is 14.4 Å². The van der Waals surface area contributed by atoms with Gasteiger partial charge in [0.15, 0.2) is 5.82 Å². The van der Waals surface area contributed by atoms with Crippen LogP contribution in [-0.4, -0.2) is 39.9 Å². The van der Waals surface area contributed by atoms with Gasteiger partial charge in [-0.05, 0) is 37.3 Å². The maximum atomic E-state index is 12.7. The van der Waals surface area contributed by atoms with Gasteiger partial charge in [-0.15, -0.1) is 0 Å². The minimum absolute atomic E-state index is 0.0508. The first kappa shape index (κ1) is 18.9. The number of nitrogens with one attached hydrogen (secondary N) is 2. The Morgan fingerprint density at radius 1 is 1.24 bits per heavy atom. The first-order valence-corrected chi connectivity index (χ1v) is 9.62. The molecule has 2 amide bonds. The third-order valence-electron chi connectivity index (χ3n) is 5.27. The number of benzene rings is 1. The van der Waals surface area contributed by atoms with E-state index in [1.807, 2.05) is 24.3 Å². The molecule has 1 aromatic carbocycles. The fourth-order valence-corrected chi connectivity index (χ4v) is 3.64. The number of para-hydroxylation sites is 1. The third-order valence-corrected chi connectivity index (χ3v) is 5.27. The van der Waals surface area contributed by atoms with E-state index in [0.29, 0.717) is 43.1 Å². The van der Waals surface area contributed by atoms with Gasteiger partial charge in [0.05, 0.1) is 6.42 Å². The summed E-state index contributed by atoms with van der Waals surface area (Å²) in [6.07, 6.45) is 1.19. The lowest BCUT2D eigenvalue weighted by molar-refractivity contribution is -0.133. The summed E-state index contributed by atoms with van der Waals surface area (Å²) in [6.45, 7) is 2.73. The summed E-state index contributed by atoms with van der Waals surface area (Å²) in [5, 5.41) is 7.41. The maximum absolute atomic E-state index is 12.7. The van der Waals surface area contributed by atoms with Gasteiger partial charge in [0, 0.05) is 36.2 Å². The molecule has 8 nitrogen and oxygen atoms in total. The van der Waals surface area contributed by atoms with Gasteiger partial charge in [0.1, 0.15) is 5.76 Å². The van der Waals surface area contributed by atoms with Gasteiger partial charge in [0.2, 0.25) is 11.8 Å². The summed E-state index contributed by atoms with van der Waals surface area (Å²) in [5.74, 6) is 0.638. The fourth-order valence-electron chi connectivity index (χ4n) is 3.64. The molecule has 4 rings (SSSR count). The molecule has 2 N–H and O–H groups in total. The van der Waals surface area contributed by atoms with Crippen molar-refractivity contribution in [1.29, 1.82) is 0 Å². The zero-order chi connectivity index (χ0) is 20.4.